The Balaban J connectivity index is 2.38. The molecule has 0 unspecified atom stereocenters. The van der Waals surface area contributed by atoms with Crippen LogP contribution in [0.1, 0.15) is 10.4 Å². The Morgan fingerprint density at radius 1 is 1.40 bits per heavy atom. The molecule has 1 aromatic heterocycles. The van der Waals surface area contributed by atoms with Crippen molar-refractivity contribution in [3.05, 3.63) is 40.1 Å². The highest BCUT2D eigenvalue weighted by atomic mass is 32.2. The maximum absolute atomic E-state index is 12.5. The predicted molar refractivity (Wildman–Crippen MR) is 86.0 cm³/mol. The lowest BCUT2D eigenvalue weighted by atomic mass is 10.3. The summed E-state index contributed by atoms with van der Waals surface area (Å²) < 4.78 is 27.6. The molecule has 20 heavy (non-hydrogen) atoms. The summed E-state index contributed by atoms with van der Waals surface area (Å²) in [5, 5.41) is 1.81. The van der Waals surface area contributed by atoms with Gasteiger partial charge in [-0.1, -0.05) is 6.07 Å². The summed E-state index contributed by atoms with van der Waals surface area (Å²) in [4.78, 5) is 1.99. The lowest BCUT2D eigenvalue weighted by molar-refractivity contribution is 0.600. The van der Waals surface area contributed by atoms with Crippen molar-refractivity contribution in [2.75, 3.05) is 11.0 Å². The molecule has 0 amide bonds. The quantitative estimate of drug-likeness (QED) is 0.828. The van der Waals surface area contributed by atoms with Gasteiger partial charge in [0.25, 0.3) is 10.0 Å². The van der Waals surface area contributed by atoms with Gasteiger partial charge >= 0.3 is 0 Å². The Bertz CT molecular complexity index is 708. The van der Waals surface area contributed by atoms with E-state index in [4.69, 9.17) is 5.73 Å². The summed E-state index contributed by atoms with van der Waals surface area (Å²) in [7, 11) is -3.60. The summed E-state index contributed by atoms with van der Waals surface area (Å²) in [6.07, 6.45) is 1.95. The monoisotopic (exact) mass is 328 g/mol. The highest BCUT2D eigenvalue weighted by Gasteiger charge is 2.22. The van der Waals surface area contributed by atoms with Crippen LogP contribution in [0.4, 0.5) is 5.69 Å². The summed E-state index contributed by atoms with van der Waals surface area (Å²) in [6.45, 7) is 2.00. The Morgan fingerprint density at radius 2 is 2.15 bits per heavy atom. The van der Waals surface area contributed by atoms with E-state index in [9.17, 15) is 8.42 Å². The lowest BCUT2D eigenvalue weighted by Gasteiger charge is -2.10. The molecule has 0 bridgehead atoms. The number of anilines is 1. The fourth-order valence-corrected chi connectivity index (χ4v) is 5.10. The number of nitrogens with two attached hydrogens (primary N) is 1. The first-order valence-electron chi connectivity index (χ1n) is 5.92. The average molecular weight is 328 g/mol. The Hall–Kier alpha value is -1.02. The predicted octanol–water partition coefficient (Wildman–Crippen LogP) is 3.04. The van der Waals surface area contributed by atoms with Gasteiger partial charge in [-0.05, 0) is 42.3 Å². The molecule has 0 aliphatic carbocycles. The van der Waals surface area contributed by atoms with Crippen LogP contribution in [0.2, 0.25) is 0 Å². The van der Waals surface area contributed by atoms with Gasteiger partial charge in [0.2, 0.25) is 0 Å². The molecule has 0 radical (unpaired) electrons. The lowest BCUT2D eigenvalue weighted by Crippen LogP contribution is -2.15. The van der Waals surface area contributed by atoms with Gasteiger partial charge in [-0.25, -0.2) is 8.42 Å². The van der Waals surface area contributed by atoms with Gasteiger partial charge < -0.3 is 5.73 Å². The number of rotatable bonds is 5. The molecule has 0 saturated carbocycles. The minimum atomic E-state index is -3.60. The van der Waals surface area contributed by atoms with Crippen molar-refractivity contribution < 1.29 is 8.42 Å². The fourth-order valence-electron chi connectivity index (χ4n) is 1.88. The second kappa shape index (κ2) is 6.17. The van der Waals surface area contributed by atoms with Crippen molar-refractivity contribution in [3.8, 4) is 0 Å². The van der Waals surface area contributed by atoms with Crippen LogP contribution >= 0.6 is 23.1 Å². The topological polar surface area (TPSA) is 72.2 Å². The molecular weight excluding hydrogens is 312 g/mol. The van der Waals surface area contributed by atoms with Crippen molar-refractivity contribution in [2.24, 2.45) is 5.73 Å². The zero-order valence-electron chi connectivity index (χ0n) is 11.2. The number of nitrogens with one attached hydrogen (secondary N) is 1. The van der Waals surface area contributed by atoms with Gasteiger partial charge in [0, 0.05) is 22.0 Å². The van der Waals surface area contributed by atoms with E-state index >= 15 is 0 Å². The van der Waals surface area contributed by atoms with Crippen molar-refractivity contribution in [2.45, 2.75) is 23.3 Å². The van der Waals surface area contributed by atoms with E-state index < -0.39 is 10.0 Å². The SMILES string of the molecule is CSc1cccc(NS(=O)(=O)c2c(C)csc2CN)c1. The normalized spacial score (nSPS) is 11.6. The van der Waals surface area contributed by atoms with Crippen LogP contribution in [-0.2, 0) is 16.6 Å². The van der Waals surface area contributed by atoms with Crippen molar-refractivity contribution in [3.63, 3.8) is 0 Å². The maximum atomic E-state index is 12.5. The zero-order valence-corrected chi connectivity index (χ0v) is 13.7. The largest absolute Gasteiger partial charge is 0.326 e. The maximum Gasteiger partial charge on any atom is 0.263 e. The van der Waals surface area contributed by atoms with Crippen LogP contribution < -0.4 is 10.5 Å². The van der Waals surface area contributed by atoms with Crippen LogP contribution in [0.15, 0.2) is 39.4 Å². The van der Waals surface area contributed by atoms with Gasteiger partial charge in [-0.3, -0.25) is 4.72 Å². The van der Waals surface area contributed by atoms with Crippen LogP contribution in [0.3, 0.4) is 0 Å². The van der Waals surface area contributed by atoms with Crippen molar-refractivity contribution in [1.29, 1.82) is 0 Å². The summed E-state index contributed by atoms with van der Waals surface area (Å²) in [5.41, 5.74) is 6.90. The molecule has 0 fully saturated rings. The van der Waals surface area contributed by atoms with E-state index in [-0.39, 0.29) is 6.54 Å². The third kappa shape index (κ3) is 3.17. The molecule has 0 atom stereocenters. The Labute approximate surface area is 127 Å². The Morgan fingerprint density at radius 3 is 2.80 bits per heavy atom. The van der Waals surface area contributed by atoms with Crippen LogP contribution in [-0.4, -0.2) is 14.7 Å². The number of thiophene rings is 1. The number of benzene rings is 1. The molecule has 1 aromatic carbocycles. The molecule has 0 saturated heterocycles. The van der Waals surface area contributed by atoms with E-state index in [0.717, 1.165) is 10.5 Å². The number of hydrogen-bond acceptors (Lipinski definition) is 5. The minimum Gasteiger partial charge on any atom is -0.326 e. The number of thioether (sulfide) groups is 1. The number of sulfonamides is 1. The Kier molecular flexibility index (Phi) is 4.74. The summed E-state index contributed by atoms with van der Waals surface area (Å²) in [5.74, 6) is 0. The van der Waals surface area contributed by atoms with Gasteiger partial charge in [-0.2, -0.15) is 0 Å². The van der Waals surface area contributed by atoms with Gasteiger partial charge in [0.05, 0.1) is 0 Å². The molecule has 3 N–H and O–H groups in total. The third-order valence-corrected chi connectivity index (χ3v) is 6.36. The van der Waals surface area contributed by atoms with Crippen molar-refractivity contribution >= 4 is 38.8 Å². The fraction of sp³-hybridized carbons (Fsp3) is 0.231. The van der Waals surface area contributed by atoms with Gasteiger partial charge in [-0.15, -0.1) is 23.1 Å². The number of hydrogen-bond donors (Lipinski definition) is 2. The second-order valence-electron chi connectivity index (χ2n) is 4.21. The first-order valence-corrected chi connectivity index (χ1v) is 9.50. The summed E-state index contributed by atoms with van der Waals surface area (Å²) >= 11 is 2.94. The molecule has 108 valence electrons. The van der Waals surface area contributed by atoms with E-state index in [2.05, 4.69) is 4.72 Å². The van der Waals surface area contributed by atoms with Crippen LogP contribution in [0.25, 0.3) is 0 Å². The standard InChI is InChI=1S/C13H16N2O2S3/c1-9-8-19-12(7-14)13(9)20(16,17)15-10-4-3-5-11(6-10)18-2/h3-6,8,15H,7,14H2,1-2H3. The zero-order chi connectivity index (χ0) is 14.8. The van der Waals surface area contributed by atoms with E-state index in [1.807, 2.05) is 29.8 Å². The first-order chi connectivity index (χ1) is 9.47. The third-order valence-electron chi connectivity index (χ3n) is 2.77. The first kappa shape index (κ1) is 15.4. The molecule has 4 nitrogen and oxygen atoms in total. The smallest absolute Gasteiger partial charge is 0.263 e. The molecule has 0 spiro atoms. The van der Waals surface area contributed by atoms with E-state index in [1.54, 1.807) is 24.8 Å². The molecule has 2 rings (SSSR count). The molecule has 7 heteroatoms. The number of aryl methyl sites for hydroxylation is 1. The van der Waals surface area contributed by atoms with Gasteiger partial charge in [0.15, 0.2) is 0 Å². The van der Waals surface area contributed by atoms with Crippen LogP contribution in [0.5, 0.6) is 0 Å². The molecule has 2 aromatic rings. The summed E-state index contributed by atoms with van der Waals surface area (Å²) in [6, 6.07) is 7.31. The molecule has 0 aliphatic rings. The van der Waals surface area contributed by atoms with E-state index in [1.165, 1.54) is 11.3 Å². The van der Waals surface area contributed by atoms with Crippen molar-refractivity contribution in [1.82, 2.24) is 0 Å². The van der Waals surface area contributed by atoms with Gasteiger partial charge in [0.1, 0.15) is 4.90 Å². The molecular formula is C13H16N2O2S3. The minimum absolute atomic E-state index is 0.222. The second-order valence-corrected chi connectivity index (χ2v) is 7.68. The van der Waals surface area contributed by atoms with Crippen LogP contribution in [0, 0.1) is 6.92 Å². The molecule has 1 heterocycles. The highest BCUT2D eigenvalue weighted by molar-refractivity contribution is 7.98. The van der Waals surface area contributed by atoms with E-state index in [0.29, 0.717) is 15.5 Å². The molecule has 0 aliphatic heterocycles. The average Bonchev–Trinajstić information content (AvgIpc) is 2.80. The highest BCUT2D eigenvalue weighted by Crippen LogP contribution is 2.29.